The number of fused-ring (bicyclic) bond motifs is 3. The van der Waals surface area contributed by atoms with Crippen molar-refractivity contribution in [3.05, 3.63) is 59.7 Å². The van der Waals surface area contributed by atoms with E-state index in [0.29, 0.717) is 19.6 Å². The first-order chi connectivity index (χ1) is 16.4. The van der Waals surface area contributed by atoms with Crippen molar-refractivity contribution < 1.29 is 29.0 Å². The average Bonchev–Trinajstić information content (AvgIpc) is 3.17. The van der Waals surface area contributed by atoms with Gasteiger partial charge in [0.05, 0.1) is 5.92 Å². The van der Waals surface area contributed by atoms with Gasteiger partial charge >= 0.3 is 12.1 Å². The minimum atomic E-state index is -1.20. The van der Waals surface area contributed by atoms with Crippen LogP contribution in [0, 0.1) is 5.92 Å². The second-order valence-corrected chi connectivity index (χ2v) is 8.80. The lowest BCUT2D eigenvalue weighted by molar-refractivity contribution is -0.142. The van der Waals surface area contributed by atoms with E-state index in [0.717, 1.165) is 22.3 Å². The minimum Gasteiger partial charge on any atom is -0.481 e. The summed E-state index contributed by atoms with van der Waals surface area (Å²) in [5, 5.41) is 14.7. The molecule has 8 heteroatoms. The summed E-state index contributed by atoms with van der Waals surface area (Å²) in [7, 11) is 0. The van der Waals surface area contributed by atoms with Crippen molar-refractivity contribution in [2.24, 2.45) is 5.92 Å². The number of benzene rings is 2. The molecule has 0 saturated carbocycles. The highest BCUT2D eigenvalue weighted by Crippen LogP contribution is 2.44. The number of hydrogen-bond acceptors (Lipinski definition) is 5. The summed E-state index contributed by atoms with van der Waals surface area (Å²) in [4.78, 5) is 37.2. The number of aliphatic carboxylic acids is 1. The standard InChI is InChI=1S/C26H30N2O6/c1-2-17(23(29)30)15-27-24(31)26(11-13-33-14-12-26)28-25(32)34-16-22-20-9-5-3-7-18(20)19-8-4-6-10-21(19)22/h3-10,17,22H,2,11-16H2,1H3,(H,27,31)(H,28,32)(H,29,30). The lowest BCUT2D eigenvalue weighted by atomic mass is 9.88. The Bertz CT molecular complexity index is 1020. The fourth-order valence-corrected chi connectivity index (χ4v) is 4.75. The largest absolute Gasteiger partial charge is 0.481 e. The van der Waals surface area contributed by atoms with Gasteiger partial charge in [-0.3, -0.25) is 9.59 Å². The summed E-state index contributed by atoms with van der Waals surface area (Å²) in [6, 6.07) is 16.1. The number of ether oxygens (including phenoxy) is 2. The second-order valence-electron chi connectivity index (χ2n) is 8.80. The van der Waals surface area contributed by atoms with Gasteiger partial charge in [0.1, 0.15) is 12.1 Å². The Morgan fingerprint density at radius 3 is 2.21 bits per heavy atom. The smallest absolute Gasteiger partial charge is 0.408 e. The molecule has 1 unspecified atom stereocenters. The maximum absolute atomic E-state index is 13.1. The van der Waals surface area contributed by atoms with Crippen LogP contribution in [0.15, 0.2) is 48.5 Å². The van der Waals surface area contributed by atoms with Gasteiger partial charge < -0.3 is 25.2 Å². The van der Waals surface area contributed by atoms with Gasteiger partial charge in [0.25, 0.3) is 0 Å². The maximum Gasteiger partial charge on any atom is 0.408 e. The minimum absolute atomic E-state index is 0.000354. The van der Waals surface area contributed by atoms with Crippen molar-refractivity contribution in [2.75, 3.05) is 26.4 Å². The van der Waals surface area contributed by atoms with E-state index in [9.17, 15) is 19.5 Å². The van der Waals surface area contributed by atoms with Gasteiger partial charge in [-0.15, -0.1) is 0 Å². The molecule has 2 aromatic carbocycles. The van der Waals surface area contributed by atoms with Crippen molar-refractivity contribution in [3.63, 3.8) is 0 Å². The highest BCUT2D eigenvalue weighted by molar-refractivity contribution is 5.90. The summed E-state index contributed by atoms with van der Waals surface area (Å²) >= 11 is 0. The fraction of sp³-hybridized carbons (Fsp3) is 0.423. The van der Waals surface area contributed by atoms with Crippen molar-refractivity contribution in [1.29, 1.82) is 0 Å². The highest BCUT2D eigenvalue weighted by Gasteiger charge is 2.42. The van der Waals surface area contributed by atoms with Gasteiger partial charge in [-0.1, -0.05) is 55.5 Å². The Kier molecular flexibility index (Phi) is 7.17. The summed E-state index contributed by atoms with van der Waals surface area (Å²) in [6.07, 6.45) is 0.287. The third kappa shape index (κ3) is 4.77. The van der Waals surface area contributed by atoms with E-state index in [1.54, 1.807) is 6.92 Å². The van der Waals surface area contributed by atoms with Gasteiger partial charge in [0, 0.05) is 38.5 Å². The molecule has 2 aromatic rings. The molecule has 2 aliphatic rings. The Balaban J connectivity index is 1.43. The number of carbonyl (C=O) groups is 3. The monoisotopic (exact) mass is 466 g/mol. The molecule has 1 aliphatic heterocycles. The third-order valence-electron chi connectivity index (χ3n) is 6.82. The first-order valence-corrected chi connectivity index (χ1v) is 11.7. The van der Waals surface area contributed by atoms with Gasteiger partial charge in [-0.25, -0.2) is 4.79 Å². The van der Waals surface area contributed by atoms with Crippen LogP contribution in [0.25, 0.3) is 11.1 Å². The van der Waals surface area contributed by atoms with Crippen LogP contribution in [0.5, 0.6) is 0 Å². The van der Waals surface area contributed by atoms with Crippen LogP contribution >= 0.6 is 0 Å². The van der Waals surface area contributed by atoms with Crippen molar-refractivity contribution >= 4 is 18.0 Å². The summed E-state index contributed by atoms with van der Waals surface area (Å²) in [5.41, 5.74) is 3.29. The molecule has 8 nitrogen and oxygen atoms in total. The molecule has 1 aliphatic carbocycles. The molecule has 4 rings (SSSR count). The zero-order valence-corrected chi connectivity index (χ0v) is 19.2. The van der Waals surface area contributed by atoms with E-state index >= 15 is 0 Å². The maximum atomic E-state index is 13.1. The molecule has 2 amide bonds. The Labute approximate surface area is 198 Å². The zero-order valence-electron chi connectivity index (χ0n) is 19.2. The number of amides is 2. The molecule has 3 N–H and O–H groups in total. The van der Waals surface area contributed by atoms with E-state index in [-0.39, 0.29) is 31.9 Å². The molecule has 1 heterocycles. The Hall–Kier alpha value is -3.39. The van der Waals surface area contributed by atoms with Crippen molar-refractivity contribution in [1.82, 2.24) is 10.6 Å². The van der Waals surface area contributed by atoms with Crippen LogP contribution in [0.1, 0.15) is 43.2 Å². The summed E-state index contributed by atoms with van der Waals surface area (Å²) in [5.74, 6) is -2.15. The van der Waals surface area contributed by atoms with E-state index in [2.05, 4.69) is 22.8 Å². The summed E-state index contributed by atoms with van der Waals surface area (Å²) < 4.78 is 11.0. The van der Waals surface area contributed by atoms with Crippen molar-refractivity contribution in [2.45, 2.75) is 37.6 Å². The number of carboxylic acid groups (broad SMARTS) is 1. The van der Waals surface area contributed by atoms with Crippen LogP contribution in [0.2, 0.25) is 0 Å². The molecule has 0 aromatic heterocycles. The Morgan fingerprint density at radius 2 is 1.65 bits per heavy atom. The molecular formula is C26H30N2O6. The molecule has 0 radical (unpaired) electrons. The van der Waals surface area contributed by atoms with Crippen molar-refractivity contribution in [3.8, 4) is 11.1 Å². The van der Waals surface area contributed by atoms with Crippen LogP contribution in [0.3, 0.4) is 0 Å². The van der Waals surface area contributed by atoms with Crippen LogP contribution < -0.4 is 10.6 Å². The fourth-order valence-electron chi connectivity index (χ4n) is 4.75. The lowest BCUT2D eigenvalue weighted by Crippen LogP contribution is -2.62. The summed E-state index contributed by atoms with van der Waals surface area (Å²) in [6.45, 7) is 2.52. The van der Waals surface area contributed by atoms with Gasteiger partial charge in [0.15, 0.2) is 0 Å². The SMILES string of the molecule is CCC(CNC(=O)C1(NC(=O)OCC2c3ccccc3-c3ccccc32)CCOCC1)C(=O)O. The second kappa shape index (κ2) is 10.3. The zero-order chi connectivity index (χ0) is 24.1. The number of alkyl carbamates (subject to hydrolysis) is 1. The normalized spacial score (nSPS) is 17.2. The number of hydrogen-bond donors (Lipinski definition) is 3. The number of nitrogens with one attached hydrogen (secondary N) is 2. The van der Waals surface area contributed by atoms with E-state index in [4.69, 9.17) is 9.47 Å². The van der Waals surface area contributed by atoms with Gasteiger partial charge in [0.2, 0.25) is 5.91 Å². The molecule has 1 fully saturated rings. The lowest BCUT2D eigenvalue weighted by Gasteiger charge is -2.36. The van der Waals surface area contributed by atoms with Crippen LogP contribution in [-0.4, -0.2) is 55.0 Å². The molecule has 1 saturated heterocycles. The third-order valence-corrected chi connectivity index (χ3v) is 6.82. The Morgan fingerprint density at radius 1 is 1.06 bits per heavy atom. The quantitative estimate of drug-likeness (QED) is 0.550. The van der Waals surface area contributed by atoms with Crippen LogP contribution in [0.4, 0.5) is 4.79 Å². The van der Waals surface area contributed by atoms with E-state index in [1.165, 1.54) is 0 Å². The van der Waals surface area contributed by atoms with E-state index < -0.39 is 29.4 Å². The first kappa shape index (κ1) is 23.8. The number of rotatable bonds is 8. The predicted octanol–water partition coefficient (Wildman–Crippen LogP) is 3.30. The van der Waals surface area contributed by atoms with Gasteiger partial charge in [-0.05, 0) is 28.7 Å². The average molecular weight is 467 g/mol. The molecule has 0 spiro atoms. The number of carboxylic acids is 1. The molecule has 0 bridgehead atoms. The number of carbonyl (C=O) groups excluding carboxylic acids is 2. The van der Waals surface area contributed by atoms with Gasteiger partial charge in [-0.2, -0.15) is 0 Å². The highest BCUT2D eigenvalue weighted by atomic mass is 16.5. The predicted molar refractivity (Wildman–Crippen MR) is 125 cm³/mol. The molecule has 34 heavy (non-hydrogen) atoms. The first-order valence-electron chi connectivity index (χ1n) is 11.7. The molecular weight excluding hydrogens is 436 g/mol. The molecule has 1 atom stereocenters. The molecule has 180 valence electrons. The topological polar surface area (TPSA) is 114 Å². The van der Waals surface area contributed by atoms with E-state index in [1.807, 2.05) is 36.4 Å². The van der Waals surface area contributed by atoms with Crippen LogP contribution in [-0.2, 0) is 19.1 Å².